The van der Waals surface area contributed by atoms with Crippen molar-refractivity contribution in [2.24, 2.45) is 5.92 Å². The molecular weight excluding hydrogens is 444 g/mol. The fraction of sp³-hybridized carbons (Fsp3) is 0.300. The molecule has 9 nitrogen and oxygen atoms in total. The molecule has 1 aliphatic heterocycles. The van der Waals surface area contributed by atoms with Gasteiger partial charge in [-0.2, -0.15) is 9.40 Å². The molecule has 0 atom stereocenters. The highest BCUT2D eigenvalue weighted by molar-refractivity contribution is 7.89. The van der Waals surface area contributed by atoms with E-state index < -0.39 is 10.0 Å². The molecule has 164 valence electrons. The molecule has 11 heteroatoms. The molecule has 1 fully saturated rings. The van der Waals surface area contributed by atoms with Gasteiger partial charge in [0.05, 0.1) is 12.1 Å². The van der Waals surface area contributed by atoms with Crippen LogP contribution in [0.1, 0.15) is 12.8 Å². The van der Waals surface area contributed by atoms with Crippen LogP contribution in [0.25, 0.3) is 11.5 Å². The van der Waals surface area contributed by atoms with E-state index in [2.05, 4.69) is 15.5 Å². The molecule has 1 aliphatic rings. The number of H-pyrrole nitrogens is 1. The molecule has 4 rings (SSSR count). The summed E-state index contributed by atoms with van der Waals surface area (Å²) in [5.41, 5.74) is 1.16. The maximum atomic E-state index is 12.9. The summed E-state index contributed by atoms with van der Waals surface area (Å²) in [5.74, 6) is 0.442. The van der Waals surface area contributed by atoms with Gasteiger partial charge in [0.2, 0.25) is 11.0 Å². The van der Waals surface area contributed by atoms with E-state index >= 15 is 0 Å². The third-order valence-corrected chi connectivity index (χ3v) is 7.25. The number of amides is 1. The van der Waals surface area contributed by atoms with Crippen molar-refractivity contribution in [1.29, 1.82) is 0 Å². The number of methoxy groups -OCH3 is 1. The number of halogens is 1. The number of aromatic nitrogens is 2. The van der Waals surface area contributed by atoms with Crippen LogP contribution in [0.15, 0.2) is 52.1 Å². The van der Waals surface area contributed by atoms with Gasteiger partial charge in [-0.3, -0.25) is 9.89 Å². The van der Waals surface area contributed by atoms with Crippen LogP contribution in [-0.2, 0) is 14.8 Å². The summed E-state index contributed by atoms with van der Waals surface area (Å²) in [6, 6.07) is 9.70. The maximum Gasteiger partial charge on any atom is 0.276 e. The Morgan fingerprint density at radius 3 is 2.68 bits per heavy atom. The smallest absolute Gasteiger partial charge is 0.276 e. The van der Waals surface area contributed by atoms with E-state index in [1.165, 1.54) is 17.5 Å². The highest BCUT2D eigenvalue weighted by Gasteiger charge is 2.34. The second kappa shape index (κ2) is 8.74. The van der Waals surface area contributed by atoms with Crippen LogP contribution >= 0.6 is 11.6 Å². The van der Waals surface area contributed by atoms with Gasteiger partial charge in [-0.05, 0) is 49.2 Å². The van der Waals surface area contributed by atoms with Crippen LogP contribution in [0, 0.1) is 5.92 Å². The van der Waals surface area contributed by atoms with Crippen molar-refractivity contribution in [2.75, 3.05) is 25.5 Å². The lowest BCUT2D eigenvalue weighted by atomic mass is 9.97. The van der Waals surface area contributed by atoms with Crippen LogP contribution in [-0.4, -0.2) is 49.0 Å². The minimum Gasteiger partial charge on any atom is -0.495 e. The van der Waals surface area contributed by atoms with Gasteiger partial charge in [0, 0.05) is 30.9 Å². The number of nitrogens with one attached hydrogen (secondary N) is 2. The number of rotatable bonds is 6. The fourth-order valence-electron chi connectivity index (χ4n) is 3.47. The fourth-order valence-corrected chi connectivity index (χ4v) is 5.11. The lowest BCUT2D eigenvalue weighted by molar-refractivity contribution is -0.120. The molecular formula is C20H21ClN4O5S. The van der Waals surface area contributed by atoms with Crippen LogP contribution in [0.4, 0.5) is 5.69 Å². The van der Waals surface area contributed by atoms with E-state index in [4.69, 9.17) is 20.8 Å². The van der Waals surface area contributed by atoms with E-state index in [1.807, 2.05) is 0 Å². The molecule has 0 radical (unpaired) electrons. The molecule has 0 aliphatic carbocycles. The third kappa shape index (κ3) is 4.46. The first-order chi connectivity index (χ1) is 14.9. The number of aromatic amines is 1. The number of furan rings is 1. The van der Waals surface area contributed by atoms with Crippen molar-refractivity contribution in [1.82, 2.24) is 14.5 Å². The Morgan fingerprint density at radius 2 is 2.03 bits per heavy atom. The van der Waals surface area contributed by atoms with E-state index in [9.17, 15) is 13.2 Å². The standard InChI is InChI=1S/C20H21ClN4O5S/c1-29-17-3-2-14(12-15(17)21)23-20(26)13-7-10-25(11-8-13)31(27,28)19-5-4-18(30-19)16-6-9-22-24-16/h2-6,9,12-13H,7-8,10-11H2,1H3,(H,22,24)(H,23,26). The van der Waals surface area contributed by atoms with Crippen molar-refractivity contribution in [3.05, 3.63) is 47.6 Å². The number of piperidine rings is 1. The average Bonchev–Trinajstić information content (AvgIpc) is 3.46. The summed E-state index contributed by atoms with van der Waals surface area (Å²) < 4.78 is 37.8. The molecule has 2 aromatic heterocycles. The second-order valence-corrected chi connectivity index (χ2v) is 9.38. The van der Waals surface area contributed by atoms with E-state index in [0.29, 0.717) is 40.8 Å². The average molecular weight is 465 g/mol. The zero-order valence-electron chi connectivity index (χ0n) is 16.7. The highest BCUT2D eigenvalue weighted by Crippen LogP contribution is 2.30. The van der Waals surface area contributed by atoms with Gasteiger partial charge in [-0.1, -0.05) is 11.6 Å². The predicted molar refractivity (Wildman–Crippen MR) is 114 cm³/mol. The lowest BCUT2D eigenvalue weighted by Gasteiger charge is -2.29. The summed E-state index contributed by atoms with van der Waals surface area (Å²) in [6.45, 7) is 0.452. The molecule has 2 N–H and O–H groups in total. The Hall–Kier alpha value is -2.82. The first-order valence-electron chi connectivity index (χ1n) is 9.62. The molecule has 3 aromatic rings. The molecule has 0 unspecified atom stereocenters. The first kappa shape index (κ1) is 21.4. The molecule has 1 aromatic carbocycles. The van der Waals surface area contributed by atoms with Crippen molar-refractivity contribution in [3.63, 3.8) is 0 Å². The van der Waals surface area contributed by atoms with E-state index in [1.54, 1.807) is 36.5 Å². The monoisotopic (exact) mass is 464 g/mol. The third-order valence-electron chi connectivity index (χ3n) is 5.19. The minimum absolute atomic E-state index is 0.132. The van der Waals surface area contributed by atoms with Gasteiger partial charge < -0.3 is 14.5 Å². The summed E-state index contributed by atoms with van der Waals surface area (Å²) in [7, 11) is -2.27. The lowest BCUT2D eigenvalue weighted by Crippen LogP contribution is -2.41. The van der Waals surface area contributed by atoms with Crippen LogP contribution < -0.4 is 10.1 Å². The molecule has 31 heavy (non-hydrogen) atoms. The number of sulfonamides is 1. The van der Waals surface area contributed by atoms with Crippen LogP contribution in [0.3, 0.4) is 0 Å². The maximum absolute atomic E-state index is 12.9. The SMILES string of the molecule is COc1ccc(NC(=O)C2CCN(S(=O)(=O)c3ccc(-c4ccn[nH]4)o3)CC2)cc1Cl. The number of benzene rings is 1. The highest BCUT2D eigenvalue weighted by atomic mass is 35.5. The van der Waals surface area contributed by atoms with E-state index in [0.717, 1.165) is 0 Å². The summed E-state index contributed by atoms with van der Waals surface area (Å²) in [4.78, 5) is 12.6. The van der Waals surface area contributed by atoms with Crippen LogP contribution in [0.2, 0.25) is 5.02 Å². The molecule has 0 spiro atoms. The minimum atomic E-state index is -3.78. The summed E-state index contributed by atoms with van der Waals surface area (Å²) in [5, 5.41) is 9.66. The predicted octanol–water partition coefficient (Wildman–Crippen LogP) is 3.37. The Kier molecular flexibility index (Phi) is 6.03. The molecule has 0 bridgehead atoms. The normalized spacial score (nSPS) is 15.7. The molecule has 1 amide bonds. The zero-order valence-corrected chi connectivity index (χ0v) is 18.2. The van der Waals surface area contributed by atoms with E-state index in [-0.39, 0.29) is 30.0 Å². The number of carbonyl (C=O) groups is 1. The quantitative estimate of drug-likeness (QED) is 0.577. The van der Waals surface area contributed by atoms with Gasteiger partial charge in [0.15, 0.2) is 5.76 Å². The number of carbonyl (C=O) groups excluding carboxylic acids is 1. The summed E-state index contributed by atoms with van der Waals surface area (Å²) in [6.07, 6.45) is 2.37. The van der Waals surface area contributed by atoms with Crippen molar-refractivity contribution in [2.45, 2.75) is 17.9 Å². The number of hydrogen-bond donors (Lipinski definition) is 2. The Bertz CT molecular complexity index is 1170. The largest absolute Gasteiger partial charge is 0.495 e. The van der Waals surface area contributed by atoms with Gasteiger partial charge >= 0.3 is 0 Å². The molecule has 3 heterocycles. The van der Waals surface area contributed by atoms with Gasteiger partial charge in [0.25, 0.3) is 10.0 Å². The van der Waals surface area contributed by atoms with Gasteiger partial charge in [0.1, 0.15) is 11.4 Å². The number of hydrogen-bond acceptors (Lipinski definition) is 6. The van der Waals surface area contributed by atoms with Crippen molar-refractivity contribution < 1.29 is 22.4 Å². The number of anilines is 1. The second-order valence-electron chi connectivity index (χ2n) is 7.11. The van der Waals surface area contributed by atoms with Gasteiger partial charge in [-0.25, -0.2) is 8.42 Å². The topological polar surface area (TPSA) is 118 Å². The summed E-state index contributed by atoms with van der Waals surface area (Å²) >= 11 is 6.10. The Morgan fingerprint density at radius 1 is 1.26 bits per heavy atom. The Balaban J connectivity index is 1.37. The molecule has 0 saturated carbocycles. The van der Waals surface area contributed by atoms with Crippen LogP contribution in [0.5, 0.6) is 5.75 Å². The van der Waals surface area contributed by atoms with Crippen molar-refractivity contribution >= 4 is 33.2 Å². The number of ether oxygens (including phenoxy) is 1. The number of nitrogens with zero attached hydrogens (tertiary/aromatic N) is 2. The zero-order chi connectivity index (χ0) is 22.0. The molecule has 1 saturated heterocycles. The Labute approximate surface area is 184 Å². The van der Waals surface area contributed by atoms with Crippen molar-refractivity contribution in [3.8, 4) is 17.2 Å². The first-order valence-corrected chi connectivity index (χ1v) is 11.4. The van der Waals surface area contributed by atoms with Gasteiger partial charge in [-0.15, -0.1) is 0 Å².